The first kappa shape index (κ1) is 15.2. The highest BCUT2D eigenvalue weighted by atomic mass is 16.5. The van der Waals surface area contributed by atoms with Crippen LogP contribution in [0.2, 0.25) is 0 Å². The summed E-state index contributed by atoms with van der Waals surface area (Å²) in [5.74, 6) is 2.45. The lowest BCUT2D eigenvalue weighted by atomic mass is 10.0. The minimum absolute atomic E-state index is 0.291. The SMILES string of the molecule is COc1cc2nc(C(C)N3CCCCC3C)[nH]c2cc1OC. The van der Waals surface area contributed by atoms with Crippen LogP contribution in [0.15, 0.2) is 12.1 Å². The molecule has 1 aliphatic heterocycles. The molecule has 3 rings (SSSR count). The average Bonchev–Trinajstić information content (AvgIpc) is 2.96. The molecule has 0 aliphatic carbocycles. The second kappa shape index (κ2) is 6.16. The first-order valence-corrected chi connectivity index (χ1v) is 8.01. The number of nitrogens with one attached hydrogen (secondary N) is 1. The van der Waals surface area contributed by atoms with Crippen molar-refractivity contribution in [3.8, 4) is 11.5 Å². The number of likely N-dealkylation sites (tertiary alicyclic amines) is 1. The molecule has 0 spiro atoms. The number of H-pyrrole nitrogens is 1. The molecule has 0 saturated carbocycles. The zero-order valence-corrected chi connectivity index (χ0v) is 13.8. The van der Waals surface area contributed by atoms with Crippen molar-refractivity contribution in [1.82, 2.24) is 14.9 Å². The van der Waals surface area contributed by atoms with Crippen molar-refractivity contribution in [2.24, 2.45) is 0 Å². The maximum Gasteiger partial charge on any atom is 0.163 e. The predicted octanol–water partition coefficient (Wildman–Crippen LogP) is 3.52. The van der Waals surface area contributed by atoms with Crippen LogP contribution in [0.5, 0.6) is 11.5 Å². The Bertz CT molecular complexity index is 612. The zero-order chi connectivity index (χ0) is 15.7. The highest BCUT2D eigenvalue weighted by Gasteiger charge is 2.26. The molecular weight excluding hydrogens is 278 g/mol. The number of methoxy groups -OCH3 is 2. The third-order valence-electron chi connectivity index (χ3n) is 4.75. The van der Waals surface area contributed by atoms with Crippen molar-refractivity contribution in [1.29, 1.82) is 0 Å². The molecule has 5 nitrogen and oxygen atoms in total. The van der Waals surface area contributed by atoms with Crippen molar-refractivity contribution in [3.63, 3.8) is 0 Å². The van der Waals surface area contributed by atoms with E-state index in [1.165, 1.54) is 19.3 Å². The molecule has 2 atom stereocenters. The molecule has 2 heterocycles. The minimum Gasteiger partial charge on any atom is -0.493 e. The summed E-state index contributed by atoms with van der Waals surface area (Å²) in [6.45, 7) is 5.68. The average molecular weight is 303 g/mol. The van der Waals surface area contributed by atoms with Crippen LogP contribution in [-0.4, -0.2) is 41.7 Å². The number of hydrogen-bond acceptors (Lipinski definition) is 4. The van der Waals surface area contributed by atoms with E-state index in [4.69, 9.17) is 14.5 Å². The molecule has 1 fully saturated rings. The number of aromatic nitrogens is 2. The fourth-order valence-electron chi connectivity index (χ4n) is 3.41. The van der Waals surface area contributed by atoms with E-state index in [-0.39, 0.29) is 0 Å². The van der Waals surface area contributed by atoms with Crippen molar-refractivity contribution in [3.05, 3.63) is 18.0 Å². The lowest BCUT2D eigenvalue weighted by molar-refractivity contribution is 0.110. The third kappa shape index (κ3) is 2.65. The Labute approximate surface area is 131 Å². The van der Waals surface area contributed by atoms with Gasteiger partial charge in [-0.15, -0.1) is 0 Å². The summed E-state index contributed by atoms with van der Waals surface area (Å²) in [4.78, 5) is 10.8. The Hall–Kier alpha value is -1.75. The van der Waals surface area contributed by atoms with Gasteiger partial charge >= 0.3 is 0 Å². The van der Waals surface area contributed by atoms with Gasteiger partial charge in [-0.2, -0.15) is 0 Å². The van der Waals surface area contributed by atoms with Gasteiger partial charge in [0, 0.05) is 18.2 Å². The quantitative estimate of drug-likeness (QED) is 0.939. The Morgan fingerprint density at radius 1 is 1.23 bits per heavy atom. The van der Waals surface area contributed by atoms with E-state index >= 15 is 0 Å². The summed E-state index contributed by atoms with van der Waals surface area (Å²) in [7, 11) is 3.30. The summed E-state index contributed by atoms with van der Waals surface area (Å²) in [6.07, 6.45) is 3.88. The van der Waals surface area contributed by atoms with Gasteiger partial charge in [-0.05, 0) is 33.2 Å². The van der Waals surface area contributed by atoms with Gasteiger partial charge in [0.15, 0.2) is 11.5 Å². The van der Waals surface area contributed by atoms with E-state index in [1.807, 2.05) is 12.1 Å². The highest BCUT2D eigenvalue weighted by Crippen LogP contribution is 2.33. The van der Waals surface area contributed by atoms with Crippen LogP contribution in [0, 0.1) is 0 Å². The predicted molar refractivity (Wildman–Crippen MR) is 87.6 cm³/mol. The molecule has 22 heavy (non-hydrogen) atoms. The largest absolute Gasteiger partial charge is 0.493 e. The second-order valence-electron chi connectivity index (χ2n) is 6.10. The number of nitrogens with zero attached hydrogens (tertiary/aromatic N) is 2. The summed E-state index contributed by atoms with van der Waals surface area (Å²) >= 11 is 0. The molecule has 0 radical (unpaired) electrons. The van der Waals surface area contributed by atoms with E-state index in [0.717, 1.165) is 29.2 Å². The summed E-state index contributed by atoms with van der Waals surface area (Å²) < 4.78 is 10.7. The van der Waals surface area contributed by atoms with E-state index in [1.54, 1.807) is 14.2 Å². The molecule has 1 aromatic carbocycles. The monoisotopic (exact) mass is 303 g/mol. The molecule has 5 heteroatoms. The number of fused-ring (bicyclic) bond motifs is 1. The lowest BCUT2D eigenvalue weighted by Gasteiger charge is -2.37. The van der Waals surface area contributed by atoms with Crippen molar-refractivity contribution < 1.29 is 9.47 Å². The lowest BCUT2D eigenvalue weighted by Crippen LogP contribution is -2.39. The Morgan fingerprint density at radius 3 is 2.64 bits per heavy atom. The molecule has 1 aromatic heterocycles. The summed E-state index contributed by atoms with van der Waals surface area (Å²) in [6, 6.07) is 4.79. The third-order valence-corrected chi connectivity index (χ3v) is 4.75. The fourth-order valence-corrected chi connectivity index (χ4v) is 3.41. The van der Waals surface area contributed by atoms with Gasteiger partial charge in [0.25, 0.3) is 0 Å². The van der Waals surface area contributed by atoms with Crippen molar-refractivity contribution >= 4 is 11.0 Å². The summed E-state index contributed by atoms with van der Waals surface area (Å²) in [5.41, 5.74) is 1.91. The molecule has 1 aliphatic rings. The normalized spacial score (nSPS) is 21.0. The van der Waals surface area contributed by atoms with Crippen molar-refractivity contribution in [2.45, 2.75) is 45.2 Å². The van der Waals surface area contributed by atoms with Gasteiger partial charge in [0.2, 0.25) is 0 Å². The maximum atomic E-state index is 5.36. The number of rotatable bonds is 4. The summed E-state index contributed by atoms with van der Waals surface area (Å²) in [5, 5.41) is 0. The molecule has 2 aromatic rings. The maximum absolute atomic E-state index is 5.36. The van der Waals surface area contributed by atoms with Gasteiger partial charge in [-0.25, -0.2) is 4.98 Å². The topological polar surface area (TPSA) is 50.4 Å². The molecule has 0 bridgehead atoms. The van der Waals surface area contributed by atoms with Gasteiger partial charge < -0.3 is 14.5 Å². The van der Waals surface area contributed by atoms with Gasteiger partial charge in [-0.3, -0.25) is 4.90 Å². The van der Waals surface area contributed by atoms with Crippen LogP contribution in [0.3, 0.4) is 0 Å². The zero-order valence-electron chi connectivity index (χ0n) is 13.8. The minimum atomic E-state index is 0.291. The Morgan fingerprint density at radius 2 is 1.95 bits per heavy atom. The molecule has 2 unspecified atom stereocenters. The number of benzene rings is 1. The van der Waals surface area contributed by atoms with E-state index < -0.39 is 0 Å². The molecule has 1 saturated heterocycles. The van der Waals surface area contributed by atoms with E-state index in [0.29, 0.717) is 17.8 Å². The Balaban J connectivity index is 1.94. The first-order chi connectivity index (χ1) is 10.6. The van der Waals surface area contributed by atoms with E-state index in [9.17, 15) is 0 Å². The van der Waals surface area contributed by atoms with Crippen LogP contribution in [0.4, 0.5) is 0 Å². The number of hydrogen-bond donors (Lipinski definition) is 1. The fraction of sp³-hybridized carbons (Fsp3) is 0.588. The standard InChI is InChI=1S/C17H25N3O2/c1-11-7-5-6-8-20(11)12(2)17-18-13-9-15(21-3)16(22-4)10-14(13)19-17/h9-12H,5-8H2,1-4H3,(H,18,19). The van der Waals surface area contributed by atoms with Crippen LogP contribution >= 0.6 is 0 Å². The number of ether oxygens (including phenoxy) is 2. The molecule has 0 amide bonds. The Kier molecular flexibility index (Phi) is 4.25. The van der Waals surface area contributed by atoms with Crippen LogP contribution in [-0.2, 0) is 0 Å². The second-order valence-corrected chi connectivity index (χ2v) is 6.10. The number of imidazole rings is 1. The van der Waals surface area contributed by atoms with Gasteiger partial charge in [-0.1, -0.05) is 6.42 Å². The van der Waals surface area contributed by atoms with Crippen LogP contribution in [0.1, 0.15) is 45.0 Å². The van der Waals surface area contributed by atoms with E-state index in [2.05, 4.69) is 23.7 Å². The smallest absolute Gasteiger partial charge is 0.163 e. The van der Waals surface area contributed by atoms with Crippen LogP contribution in [0.25, 0.3) is 11.0 Å². The number of piperidine rings is 1. The van der Waals surface area contributed by atoms with Crippen LogP contribution < -0.4 is 9.47 Å². The van der Waals surface area contributed by atoms with Gasteiger partial charge in [0.1, 0.15) is 5.82 Å². The highest BCUT2D eigenvalue weighted by molar-refractivity contribution is 5.79. The molecule has 1 N–H and O–H groups in total. The van der Waals surface area contributed by atoms with Gasteiger partial charge in [0.05, 0.1) is 31.3 Å². The van der Waals surface area contributed by atoms with Crippen molar-refractivity contribution in [2.75, 3.05) is 20.8 Å². The molecular formula is C17H25N3O2. The first-order valence-electron chi connectivity index (χ1n) is 8.01. The number of aromatic amines is 1. The molecule has 120 valence electrons.